The molecule has 4 nitrogen and oxygen atoms in total. The Morgan fingerprint density at radius 1 is 1.33 bits per heavy atom. The van der Waals surface area contributed by atoms with E-state index in [2.05, 4.69) is 10.3 Å². The fraction of sp³-hybridized carbons (Fsp3) is 0.545. The van der Waals surface area contributed by atoms with Gasteiger partial charge in [0.25, 0.3) is 0 Å². The smallest absolute Gasteiger partial charge is 0.389 e. The summed E-state index contributed by atoms with van der Waals surface area (Å²) in [6, 6.07) is 3.28. The number of nitrogen functional groups attached to an aromatic ring is 1. The lowest BCUT2D eigenvalue weighted by molar-refractivity contribution is -0.135. The molecule has 0 saturated heterocycles. The first-order valence-corrected chi connectivity index (χ1v) is 5.53. The van der Waals surface area contributed by atoms with E-state index in [-0.39, 0.29) is 6.42 Å². The highest BCUT2D eigenvalue weighted by molar-refractivity contribution is 5.53. The van der Waals surface area contributed by atoms with Gasteiger partial charge in [0.2, 0.25) is 5.88 Å². The molecule has 3 N–H and O–H groups in total. The monoisotopic (exact) mass is 263 g/mol. The van der Waals surface area contributed by atoms with Gasteiger partial charge in [-0.15, -0.1) is 0 Å². The summed E-state index contributed by atoms with van der Waals surface area (Å²) >= 11 is 0. The van der Waals surface area contributed by atoms with Gasteiger partial charge in [0.05, 0.1) is 12.8 Å². The van der Waals surface area contributed by atoms with Gasteiger partial charge < -0.3 is 15.8 Å². The molecule has 102 valence electrons. The Kier molecular flexibility index (Phi) is 5.06. The molecule has 1 rings (SSSR count). The first-order chi connectivity index (χ1) is 8.42. The van der Waals surface area contributed by atoms with Crippen molar-refractivity contribution < 1.29 is 17.9 Å². The third-order valence-electron chi connectivity index (χ3n) is 2.28. The van der Waals surface area contributed by atoms with Crippen molar-refractivity contribution in [2.45, 2.75) is 25.4 Å². The molecule has 18 heavy (non-hydrogen) atoms. The lowest BCUT2D eigenvalue weighted by Gasteiger charge is -2.09. The van der Waals surface area contributed by atoms with Gasteiger partial charge in [-0.3, -0.25) is 0 Å². The zero-order chi connectivity index (χ0) is 13.6. The maximum absolute atomic E-state index is 11.9. The number of methoxy groups -OCH3 is 1. The predicted octanol–water partition coefficient (Wildman–Crippen LogP) is 2.82. The topological polar surface area (TPSA) is 60.2 Å². The molecule has 0 aliphatic heterocycles. The third kappa shape index (κ3) is 5.11. The molecule has 0 aliphatic carbocycles. The third-order valence-corrected chi connectivity index (χ3v) is 2.28. The Bertz CT molecular complexity index is 382. The van der Waals surface area contributed by atoms with E-state index in [1.54, 1.807) is 12.1 Å². The summed E-state index contributed by atoms with van der Waals surface area (Å²) in [4.78, 5) is 4.06. The maximum Gasteiger partial charge on any atom is 0.389 e. The van der Waals surface area contributed by atoms with E-state index in [1.807, 2.05) is 0 Å². The molecule has 0 bridgehead atoms. The van der Waals surface area contributed by atoms with E-state index in [0.717, 1.165) is 0 Å². The van der Waals surface area contributed by atoms with Gasteiger partial charge in [-0.2, -0.15) is 18.2 Å². The van der Waals surface area contributed by atoms with Gasteiger partial charge in [-0.1, -0.05) is 0 Å². The first-order valence-electron chi connectivity index (χ1n) is 5.53. The Labute approximate surface area is 103 Å². The number of halogens is 3. The van der Waals surface area contributed by atoms with Crippen LogP contribution in [0.4, 0.5) is 24.7 Å². The average molecular weight is 263 g/mol. The molecule has 0 saturated carbocycles. The van der Waals surface area contributed by atoms with Crippen LogP contribution in [0.25, 0.3) is 0 Å². The Balaban J connectivity index is 2.31. The lowest BCUT2D eigenvalue weighted by Crippen LogP contribution is -2.09. The standard InChI is InChI=1S/C11H16F3N3O/c1-18-10-8(15)4-5-9(17-10)16-7-3-2-6-11(12,13)14/h4-5H,2-3,6-7,15H2,1H3,(H,16,17). The van der Waals surface area contributed by atoms with Crippen molar-refractivity contribution in [3.8, 4) is 5.88 Å². The molecule has 0 aliphatic rings. The SMILES string of the molecule is COc1nc(NCCCCC(F)(F)F)ccc1N. The highest BCUT2D eigenvalue weighted by atomic mass is 19.4. The highest BCUT2D eigenvalue weighted by Crippen LogP contribution is 2.22. The van der Waals surface area contributed by atoms with Crippen LogP contribution >= 0.6 is 0 Å². The van der Waals surface area contributed by atoms with Gasteiger partial charge in [0.15, 0.2) is 0 Å². The van der Waals surface area contributed by atoms with Crippen LogP contribution in [0, 0.1) is 0 Å². The zero-order valence-corrected chi connectivity index (χ0v) is 10.0. The summed E-state index contributed by atoms with van der Waals surface area (Å²) in [6.45, 7) is 0.427. The first kappa shape index (κ1) is 14.4. The number of aromatic nitrogens is 1. The van der Waals surface area contributed by atoms with Crippen LogP contribution < -0.4 is 15.8 Å². The average Bonchev–Trinajstić information content (AvgIpc) is 2.29. The molecule has 1 heterocycles. The van der Waals surface area contributed by atoms with Crippen molar-refractivity contribution in [3.05, 3.63) is 12.1 Å². The van der Waals surface area contributed by atoms with E-state index in [9.17, 15) is 13.2 Å². The number of nitrogens with two attached hydrogens (primary N) is 1. The maximum atomic E-state index is 11.9. The molecular formula is C11H16F3N3O. The minimum atomic E-state index is -4.08. The van der Waals surface area contributed by atoms with E-state index in [0.29, 0.717) is 30.4 Å². The molecular weight excluding hydrogens is 247 g/mol. The van der Waals surface area contributed by atoms with Crippen molar-refractivity contribution in [2.75, 3.05) is 24.7 Å². The summed E-state index contributed by atoms with van der Waals surface area (Å²) in [7, 11) is 1.45. The number of anilines is 2. The van der Waals surface area contributed by atoms with Crippen LogP contribution in [0.5, 0.6) is 5.88 Å². The number of hydrogen-bond acceptors (Lipinski definition) is 4. The molecule has 0 amide bonds. The molecule has 0 spiro atoms. The Hall–Kier alpha value is -1.66. The number of ether oxygens (including phenoxy) is 1. The number of pyridine rings is 1. The van der Waals surface area contributed by atoms with Crippen LogP contribution in [0.2, 0.25) is 0 Å². The van der Waals surface area contributed by atoms with Crippen LogP contribution in [-0.4, -0.2) is 24.8 Å². The second-order valence-electron chi connectivity index (χ2n) is 3.79. The van der Waals surface area contributed by atoms with Gasteiger partial charge in [0, 0.05) is 13.0 Å². The summed E-state index contributed by atoms with van der Waals surface area (Å²) < 4.78 is 40.6. The second kappa shape index (κ2) is 6.32. The van der Waals surface area contributed by atoms with Crippen LogP contribution in [0.3, 0.4) is 0 Å². The normalized spacial score (nSPS) is 11.3. The second-order valence-corrected chi connectivity index (χ2v) is 3.79. The molecule has 0 aromatic carbocycles. The van der Waals surface area contributed by atoms with E-state index < -0.39 is 12.6 Å². The fourth-order valence-electron chi connectivity index (χ4n) is 1.38. The number of nitrogens with zero attached hydrogens (tertiary/aromatic N) is 1. The van der Waals surface area contributed by atoms with E-state index in [1.165, 1.54) is 7.11 Å². The largest absolute Gasteiger partial charge is 0.479 e. The van der Waals surface area contributed by atoms with Crippen molar-refractivity contribution in [3.63, 3.8) is 0 Å². The Morgan fingerprint density at radius 3 is 2.67 bits per heavy atom. The summed E-state index contributed by atoms with van der Waals surface area (Å²) in [5, 5.41) is 2.92. The van der Waals surface area contributed by atoms with Crippen LogP contribution in [0.15, 0.2) is 12.1 Å². The molecule has 1 aromatic heterocycles. The van der Waals surface area contributed by atoms with E-state index >= 15 is 0 Å². The molecule has 0 radical (unpaired) electrons. The molecule has 0 atom stereocenters. The van der Waals surface area contributed by atoms with Crippen LogP contribution in [-0.2, 0) is 0 Å². The number of unbranched alkanes of at least 4 members (excludes halogenated alkanes) is 1. The van der Waals surface area contributed by atoms with Gasteiger partial charge in [-0.25, -0.2) is 0 Å². The van der Waals surface area contributed by atoms with Crippen molar-refractivity contribution in [1.82, 2.24) is 4.98 Å². The number of rotatable bonds is 6. The molecule has 0 fully saturated rings. The zero-order valence-electron chi connectivity index (χ0n) is 10.0. The lowest BCUT2D eigenvalue weighted by atomic mass is 10.2. The molecule has 0 unspecified atom stereocenters. The van der Waals surface area contributed by atoms with Crippen molar-refractivity contribution in [2.24, 2.45) is 0 Å². The predicted molar refractivity (Wildman–Crippen MR) is 63.6 cm³/mol. The molecule has 7 heteroatoms. The van der Waals surface area contributed by atoms with Gasteiger partial charge in [-0.05, 0) is 25.0 Å². The Morgan fingerprint density at radius 2 is 2.06 bits per heavy atom. The summed E-state index contributed by atoms with van der Waals surface area (Å²) in [6.07, 6.45) is -4.31. The number of nitrogens with one attached hydrogen (secondary N) is 1. The number of alkyl halides is 3. The number of hydrogen-bond donors (Lipinski definition) is 2. The fourth-order valence-corrected chi connectivity index (χ4v) is 1.38. The summed E-state index contributed by atoms with van der Waals surface area (Å²) in [5.41, 5.74) is 6.00. The van der Waals surface area contributed by atoms with Crippen molar-refractivity contribution in [1.29, 1.82) is 0 Å². The van der Waals surface area contributed by atoms with Gasteiger partial charge >= 0.3 is 6.18 Å². The highest BCUT2D eigenvalue weighted by Gasteiger charge is 2.25. The van der Waals surface area contributed by atoms with E-state index in [4.69, 9.17) is 10.5 Å². The molecule has 1 aromatic rings. The minimum absolute atomic E-state index is 0.0998. The van der Waals surface area contributed by atoms with Crippen molar-refractivity contribution >= 4 is 11.5 Å². The van der Waals surface area contributed by atoms with Crippen LogP contribution in [0.1, 0.15) is 19.3 Å². The summed E-state index contributed by atoms with van der Waals surface area (Å²) in [5.74, 6) is 0.836. The quantitative estimate of drug-likeness (QED) is 0.775. The minimum Gasteiger partial charge on any atom is -0.479 e. The van der Waals surface area contributed by atoms with Gasteiger partial charge in [0.1, 0.15) is 5.82 Å².